The number of piperazine rings is 1. The van der Waals surface area contributed by atoms with Crippen LogP contribution in [-0.4, -0.2) is 61.8 Å². The molecule has 1 saturated heterocycles. The minimum Gasteiger partial charge on any atom is -0.382 e. The van der Waals surface area contributed by atoms with Crippen LogP contribution in [-0.2, 0) is 11.3 Å². The van der Waals surface area contributed by atoms with Crippen LogP contribution in [0.3, 0.4) is 0 Å². The molecule has 2 rings (SSSR count). The Hall–Kier alpha value is -0.630. The molecule has 1 N–H and O–H groups in total. The number of nitrogens with zero attached hydrogens (tertiary/aromatic N) is 2. The number of ether oxygens (including phenoxy) is 1. The highest BCUT2D eigenvalue weighted by Gasteiger charge is 2.21. The molecular weight excluding hydrogens is 366 g/mol. The number of halogens is 1. The minimum absolute atomic E-state index is 0.0509. The summed E-state index contributed by atoms with van der Waals surface area (Å²) in [6.45, 7) is 8.53. The molecule has 1 aliphatic heterocycles. The van der Waals surface area contributed by atoms with Crippen LogP contribution in [0.15, 0.2) is 15.9 Å². The van der Waals surface area contributed by atoms with E-state index in [2.05, 4.69) is 38.3 Å². The summed E-state index contributed by atoms with van der Waals surface area (Å²) in [5.41, 5.74) is 0. The van der Waals surface area contributed by atoms with Crippen LogP contribution in [0.2, 0.25) is 0 Å². The number of carbonyl (C=O) groups is 1. The lowest BCUT2D eigenvalue weighted by Gasteiger charge is -2.34. The highest BCUT2D eigenvalue weighted by Crippen LogP contribution is 2.23. The molecule has 0 saturated carbocycles. The number of thiophene rings is 1. The highest BCUT2D eigenvalue weighted by atomic mass is 79.9. The van der Waals surface area contributed by atoms with Gasteiger partial charge in [-0.1, -0.05) is 0 Å². The van der Waals surface area contributed by atoms with E-state index < -0.39 is 0 Å². The fourth-order valence-corrected chi connectivity index (χ4v) is 3.92. The van der Waals surface area contributed by atoms with E-state index in [-0.39, 0.29) is 6.03 Å². The maximum absolute atomic E-state index is 12.1. The second-order valence-corrected chi connectivity index (χ2v) is 7.80. The summed E-state index contributed by atoms with van der Waals surface area (Å²) >= 11 is 5.27. The second-order valence-electron chi connectivity index (χ2n) is 5.25. The van der Waals surface area contributed by atoms with E-state index in [0.29, 0.717) is 13.2 Å². The van der Waals surface area contributed by atoms with E-state index in [4.69, 9.17) is 4.74 Å². The van der Waals surface area contributed by atoms with Gasteiger partial charge in [-0.3, -0.25) is 4.90 Å². The third-order valence-electron chi connectivity index (χ3n) is 3.61. The van der Waals surface area contributed by atoms with E-state index in [1.807, 2.05) is 11.8 Å². The lowest BCUT2D eigenvalue weighted by atomic mass is 10.3. The maximum Gasteiger partial charge on any atom is 0.317 e. The Morgan fingerprint density at radius 1 is 1.36 bits per heavy atom. The van der Waals surface area contributed by atoms with Gasteiger partial charge in [0.15, 0.2) is 0 Å². The first-order valence-electron chi connectivity index (χ1n) is 7.76. The number of carbonyl (C=O) groups excluding carboxylic acids is 1. The van der Waals surface area contributed by atoms with Crippen LogP contribution in [0.25, 0.3) is 0 Å². The molecule has 0 unspecified atom stereocenters. The Kier molecular flexibility index (Phi) is 7.65. The molecule has 0 atom stereocenters. The van der Waals surface area contributed by atoms with E-state index in [1.165, 1.54) is 8.66 Å². The summed E-state index contributed by atoms with van der Waals surface area (Å²) in [6.07, 6.45) is 0.868. The van der Waals surface area contributed by atoms with Gasteiger partial charge >= 0.3 is 6.03 Å². The minimum atomic E-state index is 0.0509. The van der Waals surface area contributed by atoms with Crippen LogP contribution >= 0.6 is 27.3 Å². The summed E-state index contributed by atoms with van der Waals surface area (Å²) in [5.74, 6) is 0. The zero-order chi connectivity index (χ0) is 15.8. The van der Waals surface area contributed by atoms with E-state index in [1.54, 1.807) is 11.3 Å². The normalized spacial score (nSPS) is 16.0. The van der Waals surface area contributed by atoms with Gasteiger partial charge in [-0.25, -0.2) is 4.79 Å². The van der Waals surface area contributed by atoms with Gasteiger partial charge in [0, 0.05) is 57.4 Å². The van der Waals surface area contributed by atoms with Crippen LogP contribution in [0, 0.1) is 0 Å². The fourth-order valence-electron chi connectivity index (χ4n) is 2.39. The largest absolute Gasteiger partial charge is 0.382 e. The van der Waals surface area contributed by atoms with Crippen molar-refractivity contribution in [1.29, 1.82) is 0 Å². The van der Waals surface area contributed by atoms with Crippen molar-refractivity contribution in [2.75, 3.05) is 45.9 Å². The second kappa shape index (κ2) is 9.50. The molecule has 124 valence electrons. The van der Waals surface area contributed by atoms with Gasteiger partial charge in [0.1, 0.15) is 0 Å². The molecule has 0 bridgehead atoms. The molecule has 5 nitrogen and oxygen atoms in total. The molecule has 0 aromatic carbocycles. The zero-order valence-corrected chi connectivity index (χ0v) is 15.4. The van der Waals surface area contributed by atoms with Gasteiger partial charge in [-0.15, -0.1) is 11.3 Å². The molecule has 0 spiro atoms. The zero-order valence-electron chi connectivity index (χ0n) is 13.0. The Labute approximate surface area is 144 Å². The molecule has 22 heavy (non-hydrogen) atoms. The Morgan fingerprint density at radius 3 is 2.77 bits per heavy atom. The summed E-state index contributed by atoms with van der Waals surface area (Å²) in [6, 6.07) is 4.30. The molecule has 1 aromatic rings. The molecule has 1 fully saturated rings. The van der Waals surface area contributed by atoms with Gasteiger partial charge in [-0.05, 0) is 41.4 Å². The molecule has 7 heteroatoms. The van der Waals surface area contributed by atoms with Crippen LogP contribution in [0.5, 0.6) is 0 Å². The molecular formula is C15H24BrN3O2S. The highest BCUT2D eigenvalue weighted by molar-refractivity contribution is 9.11. The van der Waals surface area contributed by atoms with Crippen molar-refractivity contribution in [3.8, 4) is 0 Å². The predicted octanol–water partition coefficient (Wildman–Crippen LogP) is 2.76. The van der Waals surface area contributed by atoms with Crippen molar-refractivity contribution in [3.63, 3.8) is 0 Å². The third-order valence-corrected chi connectivity index (χ3v) is 5.22. The number of hydrogen-bond donors (Lipinski definition) is 1. The van der Waals surface area contributed by atoms with Crippen LogP contribution < -0.4 is 5.32 Å². The Morgan fingerprint density at radius 2 is 2.14 bits per heavy atom. The summed E-state index contributed by atoms with van der Waals surface area (Å²) < 4.78 is 6.43. The lowest BCUT2D eigenvalue weighted by Crippen LogP contribution is -2.51. The topological polar surface area (TPSA) is 44.8 Å². The Bertz CT molecular complexity index is 461. The molecule has 2 amide bonds. The first-order valence-corrected chi connectivity index (χ1v) is 9.37. The van der Waals surface area contributed by atoms with Crippen LogP contribution in [0.4, 0.5) is 4.79 Å². The molecule has 2 heterocycles. The molecule has 0 radical (unpaired) electrons. The van der Waals surface area contributed by atoms with E-state index >= 15 is 0 Å². The quantitative estimate of drug-likeness (QED) is 0.729. The first kappa shape index (κ1) is 17.7. The molecule has 1 aromatic heterocycles. The molecule has 1 aliphatic rings. The number of urea groups is 1. The summed E-state index contributed by atoms with van der Waals surface area (Å²) in [5, 5.41) is 2.96. The predicted molar refractivity (Wildman–Crippen MR) is 93.4 cm³/mol. The van der Waals surface area contributed by atoms with Crippen LogP contribution in [0.1, 0.15) is 18.2 Å². The van der Waals surface area contributed by atoms with Crippen molar-refractivity contribution < 1.29 is 9.53 Å². The Balaban J connectivity index is 1.62. The fraction of sp³-hybridized carbons (Fsp3) is 0.667. The smallest absolute Gasteiger partial charge is 0.317 e. The number of nitrogens with one attached hydrogen (secondary N) is 1. The number of rotatable bonds is 7. The van der Waals surface area contributed by atoms with Crippen molar-refractivity contribution in [2.45, 2.75) is 19.9 Å². The monoisotopic (exact) mass is 389 g/mol. The summed E-state index contributed by atoms with van der Waals surface area (Å²) in [7, 11) is 0. The standard InChI is InChI=1S/C15H24BrN3O2S/c1-2-21-11-3-6-17-15(20)19-9-7-18(8-10-19)12-13-4-5-14(16)22-13/h4-5H,2-3,6-12H2,1H3,(H,17,20). The van der Waals surface area contributed by atoms with Crippen molar-refractivity contribution >= 4 is 33.3 Å². The third kappa shape index (κ3) is 5.87. The van der Waals surface area contributed by atoms with Crippen molar-refractivity contribution in [2.24, 2.45) is 0 Å². The van der Waals surface area contributed by atoms with Gasteiger partial charge in [-0.2, -0.15) is 0 Å². The van der Waals surface area contributed by atoms with Gasteiger partial charge in [0.2, 0.25) is 0 Å². The molecule has 0 aliphatic carbocycles. The average Bonchev–Trinajstić information content (AvgIpc) is 2.93. The maximum atomic E-state index is 12.1. The number of hydrogen-bond acceptors (Lipinski definition) is 4. The van der Waals surface area contributed by atoms with E-state index in [9.17, 15) is 4.79 Å². The van der Waals surface area contributed by atoms with Gasteiger partial charge in [0.25, 0.3) is 0 Å². The van der Waals surface area contributed by atoms with Gasteiger partial charge in [0.05, 0.1) is 3.79 Å². The SMILES string of the molecule is CCOCCCNC(=O)N1CCN(Cc2ccc(Br)s2)CC1. The average molecular weight is 390 g/mol. The van der Waals surface area contributed by atoms with Crippen molar-refractivity contribution in [3.05, 3.63) is 20.8 Å². The van der Waals surface area contributed by atoms with E-state index in [0.717, 1.165) is 45.8 Å². The lowest BCUT2D eigenvalue weighted by molar-refractivity contribution is 0.131. The number of amides is 2. The van der Waals surface area contributed by atoms with Crippen molar-refractivity contribution in [1.82, 2.24) is 15.1 Å². The first-order chi connectivity index (χ1) is 10.7. The summed E-state index contributed by atoms with van der Waals surface area (Å²) in [4.78, 5) is 17.7. The van der Waals surface area contributed by atoms with Gasteiger partial charge < -0.3 is 15.0 Å².